The normalized spacial score (nSPS) is 10.0. The summed E-state index contributed by atoms with van der Waals surface area (Å²) >= 11 is 1.93. The zero-order valence-electron chi connectivity index (χ0n) is 7.78. The summed E-state index contributed by atoms with van der Waals surface area (Å²) in [6.45, 7) is 0. The van der Waals surface area contributed by atoms with Crippen molar-refractivity contribution in [2.24, 2.45) is 0 Å². The molecule has 0 saturated carbocycles. The smallest absolute Gasteiger partial charge is 0.143 e. The maximum absolute atomic E-state index is 13.2. The Morgan fingerprint density at radius 3 is 2.40 bits per heavy atom. The fourth-order valence-corrected chi connectivity index (χ4v) is 1.65. The number of hydrogen-bond donors (Lipinski definition) is 0. The van der Waals surface area contributed by atoms with Crippen molar-refractivity contribution < 1.29 is 9.13 Å². The first kappa shape index (κ1) is 10.4. The molecule has 2 rings (SSSR count). The van der Waals surface area contributed by atoms with Crippen molar-refractivity contribution in [1.29, 1.82) is 0 Å². The Bertz CT molecular complexity index is 456. The highest BCUT2D eigenvalue weighted by Gasteiger charge is 2.06. The number of hydrogen-bond acceptors (Lipinski definition) is 1. The lowest BCUT2D eigenvalue weighted by Crippen LogP contribution is -1.89. The minimum atomic E-state index is -0.260. The Morgan fingerprint density at radius 2 is 1.67 bits per heavy atom. The van der Waals surface area contributed by atoms with Gasteiger partial charge < -0.3 is 4.74 Å². The van der Waals surface area contributed by atoms with Gasteiger partial charge in [0.2, 0.25) is 0 Å². The van der Waals surface area contributed by atoms with Gasteiger partial charge in [-0.2, -0.15) is 0 Å². The molecule has 3 heteroatoms. The third-order valence-corrected chi connectivity index (χ3v) is 2.93. The number of ether oxygens (including phenoxy) is 1. The van der Waals surface area contributed by atoms with Crippen molar-refractivity contribution in [2.75, 3.05) is 0 Å². The molecule has 0 aliphatic heterocycles. The zero-order valence-corrected chi connectivity index (χ0v) is 9.94. The molecule has 0 amide bonds. The highest BCUT2D eigenvalue weighted by Crippen LogP contribution is 2.27. The molecule has 0 saturated heterocycles. The molecule has 0 N–H and O–H groups in total. The maximum Gasteiger partial charge on any atom is 0.143 e. The summed E-state index contributed by atoms with van der Waals surface area (Å²) in [5.74, 6) is 0.992. The van der Waals surface area contributed by atoms with E-state index in [1.807, 2.05) is 52.9 Å². The van der Waals surface area contributed by atoms with Crippen LogP contribution in [0.5, 0.6) is 11.5 Å². The van der Waals surface area contributed by atoms with Gasteiger partial charge in [0.05, 0.1) is 3.57 Å². The van der Waals surface area contributed by atoms with Gasteiger partial charge in [-0.15, -0.1) is 0 Å². The van der Waals surface area contributed by atoms with E-state index < -0.39 is 0 Å². The molecule has 0 unspecified atom stereocenters. The third kappa shape index (κ3) is 2.47. The minimum absolute atomic E-state index is 0.260. The van der Waals surface area contributed by atoms with E-state index >= 15 is 0 Å². The summed E-state index contributed by atoms with van der Waals surface area (Å²) in [7, 11) is 0. The highest BCUT2D eigenvalue weighted by atomic mass is 127. The molecule has 0 bridgehead atoms. The molecule has 0 radical (unpaired) electrons. The van der Waals surface area contributed by atoms with Gasteiger partial charge in [0.25, 0.3) is 0 Å². The minimum Gasteiger partial charge on any atom is -0.456 e. The summed E-state index contributed by atoms with van der Waals surface area (Å²) in [5.41, 5.74) is 0. The van der Waals surface area contributed by atoms with Gasteiger partial charge in [-0.3, -0.25) is 0 Å². The van der Waals surface area contributed by atoms with Crippen molar-refractivity contribution in [3.05, 3.63) is 57.9 Å². The van der Waals surface area contributed by atoms with Crippen LogP contribution in [0.25, 0.3) is 0 Å². The molecular weight excluding hydrogens is 306 g/mol. The molecule has 0 fully saturated rings. The van der Waals surface area contributed by atoms with Crippen molar-refractivity contribution >= 4 is 22.6 Å². The van der Waals surface area contributed by atoms with Gasteiger partial charge in [0.15, 0.2) is 0 Å². The molecule has 76 valence electrons. The Balaban J connectivity index is 2.29. The van der Waals surface area contributed by atoms with Crippen LogP contribution in [0, 0.1) is 9.39 Å². The van der Waals surface area contributed by atoms with E-state index in [0.717, 1.165) is 0 Å². The number of para-hydroxylation sites is 1. The lowest BCUT2D eigenvalue weighted by molar-refractivity contribution is 0.471. The summed E-state index contributed by atoms with van der Waals surface area (Å²) in [4.78, 5) is 0. The van der Waals surface area contributed by atoms with E-state index in [1.54, 1.807) is 12.1 Å². The SMILES string of the molecule is Fc1cccc(Oc2ccccc2)c1I. The molecule has 15 heavy (non-hydrogen) atoms. The lowest BCUT2D eigenvalue weighted by Gasteiger charge is -2.07. The molecular formula is C12H8FIO. The second-order valence-electron chi connectivity index (χ2n) is 2.97. The van der Waals surface area contributed by atoms with Crippen LogP contribution in [0.4, 0.5) is 4.39 Å². The fraction of sp³-hybridized carbons (Fsp3) is 0. The quantitative estimate of drug-likeness (QED) is 0.754. The van der Waals surface area contributed by atoms with Crippen LogP contribution in [0.1, 0.15) is 0 Å². The molecule has 1 nitrogen and oxygen atoms in total. The van der Waals surface area contributed by atoms with Gasteiger partial charge in [-0.25, -0.2) is 4.39 Å². The summed E-state index contributed by atoms with van der Waals surface area (Å²) in [6, 6.07) is 14.1. The van der Waals surface area contributed by atoms with Gasteiger partial charge in [0.1, 0.15) is 17.3 Å². The summed E-state index contributed by atoms with van der Waals surface area (Å²) in [5, 5.41) is 0. The largest absolute Gasteiger partial charge is 0.456 e. The van der Waals surface area contributed by atoms with Crippen LogP contribution in [-0.2, 0) is 0 Å². The number of halogens is 2. The highest BCUT2D eigenvalue weighted by molar-refractivity contribution is 14.1. The molecule has 0 spiro atoms. The average Bonchev–Trinajstić information content (AvgIpc) is 2.26. The second kappa shape index (κ2) is 4.61. The van der Waals surface area contributed by atoms with Crippen LogP contribution in [0.15, 0.2) is 48.5 Å². The van der Waals surface area contributed by atoms with Crippen molar-refractivity contribution in [2.45, 2.75) is 0 Å². The fourth-order valence-electron chi connectivity index (χ4n) is 1.18. The first-order valence-electron chi connectivity index (χ1n) is 4.44. The Labute approximate surface area is 101 Å². The number of benzene rings is 2. The monoisotopic (exact) mass is 314 g/mol. The first-order valence-corrected chi connectivity index (χ1v) is 5.52. The average molecular weight is 314 g/mol. The van der Waals surface area contributed by atoms with Crippen LogP contribution in [0.3, 0.4) is 0 Å². The van der Waals surface area contributed by atoms with Gasteiger partial charge in [-0.1, -0.05) is 24.3 Å². The van der Waals surface area contributed by atoms with Crippen molar-refractivity contribution in [1.82, 2.24) is 0 Å². The predicted molar refractivity (Wildman–Crippen MR) is 65.6 cm³/mol. The second-order valence-corrected chi connectivity index (χ2v) is 4.05. The van der Waals surface area contributed by atoms with Crippen LogP contribution in [0.2, 0.25) is 0 Å². The number of rotatable bonds is 2. The maximum atomic E-state index is 13.2. The molecule has 0 heterocycles. The van der Waals surface area contributed by atoms with Crippen LogP contribution in [-0.4, -0.2) is 0 Å². The Morgan fingerprint density at radius 1 is 0.933 bits per heavy atom. The van der Waals surface area contributed by atoms with Gasteiger partial charge in [-0.05, 0) is 46.9 Å². The third-order valence-electron chi connectivity index (χ3n) is 1.89. The molecule has 2 aromatic carbocycles. The van der Waals surface area contributed by atoms with E-state index in [0.29, 0.717) is 15.1 Å². The van der Waals surface area contributed by atoms with Crippen molar-refractivity contribution in [3.8, 4) is 11.5 Å². The Hall–Kier alpha value is -1.10. The topological polar surface area (TPSA) is 9.23 Å². The summed E-state index contributed by atoms with van der Waals surface area (Å²) in [6.07, 6.45) is 0. The Kier molecular flexibility index (Phi) is 3.20. The van der Waals surface area contributed by atoms with Crippen LogP contribution >= 0.6 is 22.6 Å². The van der Waals surface area contributed by atoms with E-state index in [1.165, 1.54) is 6.07 Å². The summed E-state index contributed by atoms with van der Waals surface area (Å²) < 4.78 is 19.2. The van der Waals surface area contributed by atoms with E-state index in [9.17, 15) is 4.39 Å². The van der Waals surface area contributed by atoms with E-state index in [-0.39, 0.29) is 5.82 Å². The molecule has 0 aliphatic rings. The molecule has 2 aromatic rings. The van der Waals surface area contributed by atoms with Gasteiger partial charge >= 0.3 is 0 Å². The van der Waals surface area contributed by atoms with Crippen molar-refractivity contribution in [3.63, 3.8) is 0 Å². The van der Waals surface area contributed by atoms with E-state index in [4.69, 9.17) is 4.74 Å². The molecule has 0 aromatic heterocycles. The van der Waals surface area contributed by atoms with Gasteiger partial charge in [0, 0.05) is 0 Å². The van der Waals surface area contributed by atoms with E-state index in [2.05, 4.69) is 0 Å². The standard InChI is InChI=1S/C12H8FIO/c13-10-7-4-8-11(12(10)14)15-9-5-2-1-3-6-9/h1-8H. The zero-order chi connectivity index (χ0) is 10.7. The van der Waals surface area contributed by atoms with Crippen LogP contribution < -0.4 is 4.74 Å². The molecule has 0 atom stereocenters. The predicted octanol–water partition coefficient (Wildman–Crippen LogP) is 4.22. The lowest BCUT2D eigenvalue weighted by atomic mass is 10.3. The first-order chi connectivity index (χ1) is 7.27. The molecule has 0 aliphatic carbocycles.